The first-order valence-corrected chi connectivity index (χ1v) is 6.62. The average Bonchev–Trinajstić information content (AvgIpc) is 2.75. The van der Waals surface area contributed by atoms with Crippen molar-refractivity contribution in [1.82, 2.24) is 0 Å². The van der Waals surface area contributed by atoms with Gasteiger partial charge in [0.25, 0.3) is 0 Å². The van der Waals surface area contributed by atoms with Crippen molar-refractivity contribution in [3.63, 3.8) is 0 Å². The normalized spacial score (nSPS) is 56.3. The third kappa shape index (κ3) is 1.98. The minimum absolute atomic E-state index is 0.218. The second kappa shape index (κ2) is 3.21. The summed E-state index contributed by atoms with van der Waals surface area (Å²) in [4.78, 5) is 0.583. The lowest BCUT2D eigenvalue weighted by Crippen LogP contribution is -2.39. The van der Waals surface area contributed by atoms with Gasteiger partial charge in [0.05, 0.1) is 12.2 Å². The Morgan fingerprint density at radius 1 is 1.38 bits per heavy atom. The van der Waals surface area contributed by atoms with Gasteiger partial charge in [0.15, 0.2) is 0 Å². The fourth-order valence-electron chi connectivity index (χ4n) is 2.13. The highest BCUT2D eigenvalue weighted by atomic mass is 79.9. The fraction of sp³-hybridized carbons (Fsp3) is 1.00. The van der Waals surface area contributed by atoms with E-state index in [0.29, 0.717) is 4.83 Å². The van der Waals surface area contributed by atoms with Crippen LogP contribution in [0.15, 0.2) is 0 Å². The van der Waals surface area contributed by atoms with Gasteiger partial charge in [0.1, 0.15) is 0 Å². The monoisotopic (exact) mass is 310 g/mol. The predicted octanol–water partition coefficient (Wildman–Crippen LogP) is 3.49. The van der Waals surface area contributed by atoms with E-state index >= 15 is 0 Å². The summed E-state index contributed by atoms with van der Waals surface area (Å²) in [6, 6.07) is 0. The van der Waals surface area contributed by atoms with Gasteiger partial charge in [-0.05, 0) is 39.0 Å². The van der Waals surface area contributed by atoms with Crippen LogP contribution in [0.5, 0.6) is 0 Å². The second-order valence-electron chi connectivity index (χ2n) is 4.82. The fourth-order valence-corrected chi connectivity index (χ4v) is 3.23. The summed E-state index contributed by atoms with van der Waals surface area (Å²) in [6.45, 7) is 5.49. The molecule has 2 aliphatic rings. The van der Waals surface area contributed by atoms with Gasteiger partial charge in [0.2, 0.25) is 0 Å². The third-order valence-corrected chi connectivity index (χ3v) is 6.54. The van der Waals surface area contributed by atoms with Crippen molar-refractivity contribution >= 4 is 31.9 Å². The zero-order valence-corrected chi connectivity index (χ0v) is 11.3. The van der Waals surface area contributed by atoms with Crippen LogP contribution in [0.4, 0.5) is 0 Å². The number of ether oxygens (including phenoxy) is 1. The van der Waals surface area contributed by atoms with Crippen LogP contribution < -0.4 is 0 Å². The quantitative estimate of drug-likeness (QED) is 0.533. The Hall–Kier alpha value is 0.920. The molecule has 0 aromatic rings. The molecule has 0 N–H and O–H groups in total. The summed E-state index contributed by atoms with van der Waals surface area (Å²) in [5.41, 5.74) is 0.218. The highest BCUT2D eigenvalue weighted by Crippen LogP contribution is 2.49. The lowest BCUT2D eigenvalue weighted by Gasteiger charge is -2.39. The van der Waals surface area contributed by atoms with Crippen LogP contribution in [0.1, 0.15) is 33.1 Å². The minimum atomic E-state index is 0.218. The van der Waals surface area contributed by atoms with Crippen LogP contribution in [0.25, 0.3) is 0 Å². The first-order chi connectivity index (χ1) is 5.94. The van der Waals surface area contributed by atoms with Crippen molar-refractivity contribution in [1.29, 1.82) is 0 Å². The lowest BCUT2D eigenvalue weighted by atomic mass is 9.77. The van der Waals surface area contributed by atoms with Gasteiger partial charge in [-0.2, -0.15) is 0 Å². The van der Waals surface area contributed by atoms with Gasteiger partial charge in [-0.15, -0.1) is 0 Å². The van der Waals surface area contributed by atoms with E-state index in [0.717, 1.165) is 12.5 Å². The van der Waals surface area contributed by atoms with Crippen LogP contribution >= 0.6 is 31.9 Å². The predicted molar refractivity (Wildman–Crippen MR) is 61.7 cm³/mol. The van der Waals surface area contributed by atoms with E-state index < -0.39 is 0 Å². The van der Waals surface area contributed by atoms with E-state index in [-0.39, 0.29) is 9.93 Å². The molecule has 1 aliphatic heterocycles. The summed E-state index contributed by atoms with van der Waals surface area (Å²) in [7, 11) is 0. The standard InChI is InChI=1S/C10H16Br2O/c1-9(12)4-3-7(5-8(9)11)10(2)6-13-10/h7-8H,3-6H2,1-2H3/t7-,8+,9+,10+/m0/s1. The van der Waals surface area contributed by atoms with E-state index in [1.807, 2.05) is 0 Å². The maximum absolute atomic E-state index is 5.52. The summed E-state index contributed by atoms with van der Waals surface area (Å²) < 4.78 is 5.80. The maximum atomic E-state index is 5.52. The maximum Gasteiger partial charge on any atom is 0.0917 e. The van der Waals surface area contributed by atoms with Crippen molar-refractivity contribution in [3.05, 3.63) is 0 Å². The molecule has 1 nitrogen and oxygen atoms in total. The van der Waals surface area contributed by atoms with Gasteiger partial charge in [-0.25, -0.2) is 0 Å². The molecule has 0 amide bonds. The molecule has 0 aromatic heterocycles. The Labute approximate surface area is 96.9 Å². The first-order valence-electron chi connectivity index (χ1n) is 4.91. The molecule has 2 fully saturated rings. The molecule has 1 heterocycles. The van der Waals surface area contributed by atoms with Crippen LogP contribution in [0.3, 0.4) is 0 Å². The Kier molecular flexibility index (Phi) is 2.58. The third-order valence-electron chi connectivity index (χ3n) is 3.59. The van der Waals surface area contributed by atoms with Crippen LogP contribution in [0.2, 0.25) is 0 Å². The molecule has 0 unspecified atom stereocenters. The molecule has 3 heteroatoms. The molecule has 1 saturated heterocycles. The molecule has 1 aliphatic carbocycles. The minimum Gasteiger partial charge on any atom is -0.370 e. The molecule has 0 radical (unpaired) electrons. The lowest BCUT2D eigenvalue weighted by molar-refractivity contribution is 0.183. The summed E-state index contributed by atoms with van der Waals surface area (Å²) in [5, 5.41) is 0. The average molecular weight is 312 g/mol. The van der Waals surface area contributed by atoms with Crippen molar-refractivity contribution in [3.8, 4) is 0 Å². The van der Waals surface area contributed by atoms with Gasteiger partial charge in [0, 0.05) is 9.15 Å². The molecule has 1 saturated carbocycles. The molecule has 13 heavy (non-hydrogen) atoms. The topological polar surface area (TPSA) is 12.5 Å². The second-order valence-corrected chi connectivity index (χ2v) is 7.74. The number of epoxide rings is 1. The Morgan fingerprint density at radius 2 is 2.00 bits per heavy atom. The van der Waals surface area contributed by atoms with E-state index in [1.165, 1.54) is 19.3 Å². The Morgan fingerprint density at radius 3 is 2.46 bits per heavy atom. The molecular weight excluding hydrogens is 296 g/mol. The van der Waals surface area contributed by atoms with Crippen LogP contribution in [0, 0.1) is 5.92 Å². The molecule has 0 aromatic carbocycles. The largest absolute Gasteiger partial charge is 0.370 e. The summed E-state index contributed by atoms with van der Waals surface area (Å²) in [5.74, 6) is 0.752. The zero-order valence-electron chi connectivity index (χ0n) is 8.15. The van der Waals surface area contributed by atoms with Gasteiger partial charge < -0.3 is 4.74 Å². The van der Waals surface area contributed by atoms with E-state index in [2.05, 4.69) is 45.7 Å². The van der Waals surface area contributed by atoms with Gasteiger partial charge in [-0.1, -0.05) is 31.9 Å². The van der Waals surface area contributed by atoms with Crippen LogP contribution in [-0.2, 0) is 4.74 Å². The SMILES string of the molecule is C[C@]1([C@H]2CC[C@@](C)(Br)[C@H](Br)C2)CO1. The first kappa shape index (κ1) is 10.4. The van der Waals surface area contributed by atoms with Crippen molar-refractivity contribution < 1.29 is 4.74 Å². The number of alkyl halides is 2. The Balaban J connectivity index is 1.99. The molecule has 76 valence electrons. The molecular formula is C10H16Br2O. The van der Waals surface area contributed by atoms with Gasteiger partial charge >= 0.3 is 0 Å². The summed E-state index contributed by atoms with van der Waals surface area (Å²) >= 11 is 7.55. The van der Waals surface area contributed by atoms with E-state index in [9.17, 15) is 0 Å². The number of rotatable bonds is 1. The summed E-state index contributed by atoms with van der Waals surface area (Å²) in [6.07, 6.45) is 3.77. The van der Waals surface area contributed by atoms with E-state index in [4.69, 9.17) is 4.74 Å². The Bertz CT molecular complexity index is 211. The molecule has 4 atom stereocenters. The molecule has 0 spiro atoms. The van der Waals surface area contributed by atoms with Crippen LogP contribution in [-0.4, -0.2) is 21.4 Å². The van der Waals surface area contributed by atoms with Crippen molar-refractivity contribution in [2.45, 2.75) is 47.9 Å². The van der Waals surface area contributed by atoms with E-state index in [1.54, 1.807) is 0 Å². The van der Waals surface area contributed by atoms with Crippen molar-refractivity contribution in [2.75, 3.05) is 6.61 Å². The molecule has 2 rings (SSSR count). The molecule has 0 bridgehead atoms. The number of hydrogen-bond donors (Lipinski definition) is 0. The van der Waals surface area contributed by atoms with Gasteiger partial charge in [-0.3, -0.25) is 0 Å². The number of halogens is 2. The zero-order chi connectivity index (χ0) is 9.69. The highest BCUT2D eigenvalue weighted by molar-refractivity contribution is 9.12. The van der Waals surface area contributed by atoms with Crippen molar-refractivity contribution in [2.24, 2.45) is 5.92 Å². The smallest absolute Gasteiger partial charge is 0.0917 e. The number of hydrogen-bond acceptors (Lipinski definition) is 1. The highest BCUT2D eigenvalue weighted by Gasteiger charge is 2.51.